The summed E-state index contributed by atoms with van der Waals surface area (Å²) in [5.41, 5.74) is 3.45. The van der Waals surface area contributed by atoms with E-state index in [0.717, 1.165) is 16.3 Å². The fourth-order valence-electron chi connectivity index (χ4n) is 2.14. The van der Waals surface area contributed by atoms with Crippen molar-refractivity contribution in [2.24, 2.45) is 0 Å². The molecule has 0 saturated carbocycles. The van der Waals surface area contributed by atoms with E-state index < -0.39 is 5.82 Å². The number of nitrogens with zero attached hydrogens (tertiary/aromatic N) is 1. The molecule has 1 aromatic heterocycles. The SMILES string of the molecule is Cc1ccc(-c2csc(CNC(=O)c3cccc(F)c3)n2)cc1. The van der Waals surface area contributed by atoms with Crippen LogP contribution in [0.1, 0.15) is 20.9 Å². The Hall–Kier alpha value is -2.53. The molecule has 3 nitrogen and oxygen atoms in total. The van der Waals surface area contributed by atoms with Gasteiger partial charge in [0.25, 0.3) is 5.91 Å². The summed E-state index contributed by atoms with van der Waals surface area (Å²) >= 11 is 1.49. The maximum Gasteiger partial charge on any atom is 0.251 e. The van der Waals surface area contributed by atoms with Gasteiger partial charge in [-0.25, -0.2) is 9.37 Å². The van der Waals surface area contributed by atoms with Gasteiger partial charge in [-0.3, -0.25) is 4.79 Å². The highest BCUT2D eigenvalue weighted by Gasteiger charge is 2.09. The lowest BCUT2D eigenvalue weighted by Gasteiger charge is -2.03. The number of hydrogen-bond donors (Lipinski definition) is 1. The van der Waals surface area contributed by atoms with Crippen LogP contribution < -0.4 is 5.32 Å². The molecule has 0 radical (unpaired) electrons. The lowest BCUT2D eigenvalue weighted by molar-refractivity contribution is 0.0950. The molecule has 23 heavy (non-hydrogen) atoms. The smallest absolute Gasteiger partial charge is 0.251 e. The number of nitrogens with one attached hydrogen (secondary N) is 1. The first kappa shape index (κ1) is 15.4. The van der Waals surface area contributed by atoms with Crippen LogP contribution in [0.15, 0.2) is 53.9 Å². The maximum atomic E-state index is 13.1. The summed E-state index contributed by atoms with van der Waals surface area (Å²) in [4.78, 5) is 16.5. The molecule has 3 rings (SSSR count). The summed E-state index contributed by atoms with van der Waals surface area (Å²) in [6.07, 6.45) is 0. The van der Waals surface area contributed by atoms with Crippen molar-refractivity contribution < 1.29 is 9.18 Å². The Morgan fingerprint density at radius 3 is 2.74 bits per heavy atom. The quantitative estimate of drug-likeness (QED) is 0.781. The first-order valence-electron chi connectivity index (χ1n) is 7.17. The van der Waals surface area contributed by atoms with Gasteiger partial charge in [-0.05, 0) is 25.1 Å². The molecule has 3 aromatic rings. The fraction of sp³-hybridized carbons (Fsp3) is 0.111. The zero-order valence-corrected chi connectivity index (χ0v) is 13.4. The van der Waals surface area contributed by atoms with Crippen molar-refractivity contribution in [3.8, 4) is 11.3 Å². The minimum absolute atomic E-state index is 0.306. The second kappa shape index (κ2) is 6.71. The van der Waals surface area contributed by atoms with Gasteiger partial charge in [0.1, 0.15) is 10.8 Å². The highest BCUT2D eigenvalue weighted by molar-refractivity contribution is 7.09. The van der Waals surface area contributed by atoms with Crippen LogP contribution in [0.4, 0.5) is 4.39 Å². The molecule has 0 aliphatic rings. The Labute approximate surface area is 137 Å². The van der Waals surface area contributed by atoms with Crippen LogP contribution >= 0.6 is 11.3 Å². The predicted molar refractivity (Wildman–Crippen MR) is 89.9 cm³/mol. The van der Waals surface area contributed by atoms with Crippen molar-refractivity contribution in [3.05, 3.63) is 75.9 Å². The van der Waals surface area contributed by atoms with Gasteiger partial charge in [-0.15, -0.1) is 11.3 Å². The highest BCUT2D eigenvalue weighted by Crippen LogP contribution is 2.22. The van der Waals surface area contributed by atoms with Crippen molar-refractivity contribution in [2.45, 2.75) is 13.5 Å². The third-order valence-electron chi connectivity index (χ3n) is 3.39. The number of amides is 1. The van der Waals surface area contributed by atoms with Gasteiger partial charge in [-0.2, -0.15) is 0 Å². The fourth-order valence-corrected chi connectivity index (χ4v) is 2.88. The number of aromatic nitrogens is 1. The summed E-state index contributed by atoms with van der Waals surface area (Å²) in [6, 6.07) is 13.8. The molecule has 0 atom stereocenters. The van der Waals surface area contributed by atoms with E-state index in [4.69, 9.17) is 0 Å². The van der Waals surface area contributed by atoms with Gasteiger partial charge in [0.05, 0.1) is 12.2 Å². The minimum Gasteiger partial charge on any atom is -0.346 e. The Kier molecular flexibility index (Phi) is 4.48. The number of hydrogen-bond acceptors (Lipinski definition) is 3. The van der Waals surface area contributed by atoms with Crippen LogP contribution in [-0.2, 0) is 6.54 Å². The Morgan fingerprint density at radius 1 is 1.22 bits per heavy atom. The molecule has 2 aromatic carbocycles. The maximum absolute atomic E-state index is 13.1. The van der Waals surface area contributed by atoms with Crippen LogP contribution in [0, 0.1) is 12.7 Å². The van der Waals surface area contributed by atoms with E-state index in [9.17, 15) is 9.18 Å². The van der Waals surface area contributed by atoms with E-state index in [0.29, 0.717) is 12.1 Å². The molecular formula is C18H15FN2OS. The summed E-state index contributed by atoms with van der Waals surface area (Å²) in [7, 11) is 0. The first-order valence-corrected chi connectivity index (χ1v) is 8.05. The van der Waals surface area contributed by atoms with Gasteiger partial charge in [0.15, 0.2) is 0 Å². The molecule has 0 spiro atoms. The van der Waals surface area contributed by atoms with E-state index >= 15 is 0 Å². The standard InChI is InChI=1S/C18H15FN2OS/c1-12-5-7-13(8-6-12)16-11-23-17(21-16)10-20-18(22)14-3-2-4-15(19)9-14/h2-9,11H,10H2,1H3,(H,20,22). The lowest BCUT2D eigenvalue weighted by Crippen LogP contribution is -2.22. The van der Waals surface area contributed by atoms with E-state index in [2.05, 4.69) is 10.3 Å². The molecular weight excluding hydrogens is 311 g/mol. The van der Waals surface area contributed by atoms with E-state index in [1.54, 1.807) is 6.07 Å². The van der Waals surface area contributed by atoms with Crippen LogP contribution in [0.25, 0.3) is 11.3 Å². The van der Waals surface area contributed by atoms with Crippen molar-refractivity contribution in [2.75, 3.05) is 0 Å². The summed E-state index contributed by atoms with van der Waals surface area (Å²) < 4.78 is 13.1. The van der Waals surface area contributed by atoms with E-state index in [-0.39, 0.29) is 5.91 Å². The monoisotopic (exact) mass is 326 g/mol. The van der Waals surface area contributed by atoms with Gasteiger partial charge in [0.2, 0.25) is 0 Å². The third kappa shape index (κ3) is 3.81. The first-order chi connectivity index (χ1) is 11.1. The van der Waals surface area contributed by atoms with Gasteiger partial charge >= 0.3 is 0 Å². The number of benzene rings is 2. The average molecular weight is 326 g/mol. The number of aryl methyl sites for hydroxylation is 1. The largest absolute Gasteiger partial charge is 0.346 e. The predicted octanol–water partition coefficient (Wildman–Crippen LogP) is 4.19. The zero-order chi connectivity index (χ0) is 16.2. The Bertz CT molecular complexity index is 827. The number of rotatable bonds is 4. The molecule has 0 aliphatic carbocycles. The summed E-state index contributed by atoms with van der Waals surface area (Å²) in [6.45, 7) is 2.37. The van der Waals surface area contributed by atoms with Crippen molar-refractivity contribution in [1.82, 2.24) is 10.3 Å². The van der Waals surface area contributed by atoms with Crippen LogP contribution in [0.5, 0.6) is 0 Å². The molecule has 0 fully saturated rings. The van der Waals surface area contributed by atoms with E-state index in [1.165, 1.54) is 35.1 Å². The molecule has 0 bridgehead atoms. The molecule has 1 amide bonds. The molecule has 5 heteroatoms. The van der Waals surface area contributed by atoms with Crippen LogP contribution in [-0.4, -0.2) is 10.9 Å². The number of halogens is 1. The van der Waals surface area contributed by atoms with Gasteiger partial charge in [0, 0.05) is 16.5 Å². The number of carbonyl (C=O) groups excluding carboxylic acids is 1. The molecule has 116 valence electrons. The number of carbonyl (C=O) groups is 1. The normalized spacial score (nSPS) is 10.5. The van der Waals surface area contributed by atoms with Gasteiger partial charge < -0.3 is 5.32 Å². The van der Waals surface area contributed by atoms with Crippen LogP contribution in [0.3, 0.4) is 0 Å². The minimum atomic E-state index is -0.423. The second-order valence-corrected chi connectivity index (χ2v) is 6.13. The topological polar surface area (TPSA) is 42.0 Å². The average Bonchev–Trinajstić information content (AvgIpc) is 3.02. The molecule has 0 unspecified atom stereocenters. The van der Waals surface area contributed by atoms with Crippen molar-refractivity contribution >= 4 is 17.2 Å². The lowest BCUT2D eigenvalue weighted by atomic mass is 10.1. The summed E-state index contributed by atoms with van der Waals surface area (Å²) in [5, 5.41) is 5.54. The molecule has 0 aliphatic heterocycles. The molecule has 1 N–H and O–H groups in total. The Morgan fingerprint density at radius 2 is 2.00 bits per heavy atom. The zero-order valence-electron chi connectivity index (χ0n) is 12.5. The van der Waals surface area contributed by atoms with Crippen molar-refractivity contribution in [3.63, 3.8) is 0 Å². The highest BCUT2D eigenvalue weighted by atomic mass is 32.1. The molecule has 0 saturated heterocycles. The van der Waals surface area contributed by atoms with Crippen molar-refractivity contribution in [1.29, 1.82) is 0 Å². The summed E-state index contributed by atoms with van der Waals surface area (Å²) in [5.74, 6) is -0.731. The molecule has 1 heterocycles. The number of thiazole rings is 1. The second-order valence-electron chi connectivity index (χ2n) is 5.19. The van der Waals surface area contributed by atoms with Crippen LogP contribution in [0.2, 0.25) is 0 Å². The van der Waals surface area contributed by atoms with E-state index in [1.807, 2.05) is 36.6 Å². The Balaban J connectivity index is 1.65. The third-order valence-corrected chi connectivity index (χ3v) is 4.23. The van der Waals surface area contributed by atoms with Gasteiger partial charge in [-0.1, -0.05) is 35.9 Å².